The summed E-state index contributed by atoms with van der Waals surface area (Å²) in [6, 6.07) is 9.21. The number of fused-ring (bicyclic) bond motifs is 2. The van der Waals surface area contributed by atoms with Crippen LogP contribution in [0, 0.1) is 11.2 Å². The minimum Gasteiger partial charge on any atom is -0.494 e. The number of methoxy groups -OCH3 is 1. The molecule has 0 amide bonds. The van der Waals surface area contributed by atoms with Crippen LogP contribution < -0.4 is 4.74 Å². The molecule has 0 atom stereocenters. The molecule has 1 aliphatic heterocycles. The van der Waals surface area contributed by atoms with Crippen LogP contribution in [-0.4, -0.2) is 46.2 Å². The standard InChI is InChI=1S/C27H28FN3O4/c1-27(26(32)33)12-17(13-27)24-19-11-21-16(14-29-30-21)9-22(19)31(25(24)15-5-7-35-8-6-15)18-3-4-20(28)23(10-18)34-2/h3-4,9-11,14-15,17H,5-8,12-13H2,1-2H3,(H,29,30)(H,32,33)/t17-,27-. The van der Waals surface area contributed by atoms with E-state index in [4.69, 9.17) is 9.47 Å². The van der Waals surface area contributed by atoms with Crippen molar-refractivity contribution in [3.63, 3.8) is 0 Å². The molecule has 1 aliphatic carbocycles. The molecule has 7 nitrogen and oxygen atoms in total. The fourth-order valence-electron chi connectivity index (χ4n) is 6.04. The van der Waals surface area contributed by atoms with Crippen LogP contribution in [0.2, 0.25) is 0 Å². The largest absolute Gasteiger partial charge is 0.494 e. The van der Waals surface area contributed by atoms with Gasteiger partial charge in [-0.15, -0.1) is 0 Å². The Balaban J connectivity index is 1.65. The number of carbonyl (C=O) groups is 1. The first-order valence-corrected chi connectivity index (χ1v) is 12.1. The summed E-state index contributed by atoms with van der Waals surface area (Å²) >= 11 is 0. The van der Waals surface area contributed by atoms with Crippen LogP contribution in [0.15, 0.2) is 36.5 Å². The molecule has 8 heteroatoms. The van der Waals surface area contributed by atoms with E-state index in [1.54, 1.807) is 18.3 Å². The lowest BCUT2D eigenvalue weighted by Gasteiger charge is -2.43. The van der Waals surface area contributed by atoms with Crippen LogP contribution in [0.1, 0.15) is 55.7 Å². The molecule has 6 rings (SSSR count). The molecule has 2 fully saturated rings. The number of hydrogen-bond donors (Lipinski definition) is 2. The molecule has 1 saturated heterocycles. The summed E-state index contributed by atoms with van der Waals surface area (Å²) < 4.78 is 27.6. The summed E-state index contributed by atoms with van der Waals surface area (Å²) in [4.78, 5) is 11.9. The molecule has 35 heavy (non-hydrogen) atoms. The molecule has 2 aliphatic rings. The van der Waals surface area contributed by atoms with Gasteiger partial charge in [0, 0.05) is 47.4 Å². The van der Waals surface area contributed by atoms with Crippen LogP contribution in [0.3, 0.4) is 0 Å². The summed E-state index contributed by atoms with van der Waals surface area (Å²) in [6.45, 7) is 3.19. The van der Waals surface area contributed by atoms with E-state index >= 15 is 0 Å². The van der Waals surface area contributed by atoms with Crippen molar-refractivity contribution in [2.24, 2.45) is 5.41 Å². The van der Waals surface area contributed by atoms with E-state index in [1.807, 2.05) is 6.92 Å². The van der Waals surface area contributed by atoms with E-state index < -0.39 is 17.2 Å². The van der Waals surface area contributed by atoms with Gasteiger partial charge in [-0.25, -0.2) is 4.39 Å². The Labute approximate surface area is 201 Å². The molecule has 1 saturated carbocycles. The van der Waals surface area contributed by atoms with Crippen molar-refractivity contribution in [3.8, 4) is 11.4 Å². The maximum atomic E-state index is 14.4. The highest BCUT2D eigenvalue weighted by Crippen LogP contribution is 2.55. The van der Waals surface area contributed by atoms with Crippen molar-refractivity contribution in [2.45, 2.75) is 44.4 Å². The number of aromatic nitrogens is 3. The number of benzene rings is 2. The summed E-state index contributed by atoms with van der Waals surface area (Å²) in [6.07, 6.45) is 4.74. The summed E-state index contributed by atoms with van der Waals surface area (Å²) in [5, 5.41) is 19.2. The summed E-state index contributed by atoms with van der Waals surface area (Å²) in [7, 11) is 1.47. The average Bonchev–Trinajstić information content (AvgIpc) is 3.43. The number of ether oxygens (including phenoxy) is 2. The minimum atomic E-state index is -0.746. The molecule has 2 aromatic carbocycles. The molecule has 0 radical (unpaired) electrons. The summed E-state index contributed by atoms with van der Waals surface area (Å²) in [5.74, 6) is -0.593. The molecule has 0 spiro atoms. The Hall–Kier alpha value is -3.39. The van der Waals surface area contributed by atoms with Gasteiger partial charge in [-0.05, 0) is 68.4 Å². The van der Waals surface area contributed by atoms with E-state index in [0.717, 1.165) is 40.3 Å². The normalized spacial score (nSPS) is 23.0. The topological polar surface area (TPSA) is 89.4 Å². The van der Waals surface area contributed by atoms with Gasteiger partial charge in [-0.1, -0.05) is 0 Å². The SMILES string of the molecule is COc1cc(-n2c(C3CCOCC3)c([C@H]3C[C@](C)(C(=O)O)C3)c3cc4[nH]ncc4cc32)ccc1F. The maximum absolute atomic E-state index is 14.4. The van der Waals surface area contributed by atoms with Gasteiger partial charge in [-0.2, -0.15) is 5.10 Å². The van der Waals surface area contributed by atoms with Gasteiger partial charge in [0.1, 0.15) is 0 Å². The molecule has 2 aromatic heterocycles. The predicted octanol–water partition coefficient (Wildman–Crippen LogP) is 5.52. The number of nitrogens with zero attached hydrogens (tertiary/aromatic N) is 2. The van der Waals surface area contributed by atoms with Gasteiger partial charge in [0.15, 0.2) is 11.6 Å². The molecular formula is C27H28FN3O4. The third-order valence-electron chi connectivity index (χ3n) is 7.92. The zero-order valence-corrected chi connectivity index (χ0v) is 19.8. The van der Waals surface area contributed by atoms with Gasteiger partial charge in [0.25, 0.3) is 0 Å². The van der Waals surface area contributed by atoms with E-state index in [9.17, 15) is 14.3 Å². The zero-order valence-electron chi connectivity index (χ0n) is 19.8. The van der Waals surface area contributed by atoms with Crippen LogP contribution in [-0.2, 0) is 9.53 Å². The second-order valence-electron chi connectivity index (χ2n) is 10.1. The fraction of sp³-hybridized carbons (Fsp3) is 0.407. The quantitative estimate of drug-likeness (QED) is 0.395. The highest BCUT2D eigenvalue weighted by Gasteiger charge is 2.49. The van der Waals surface area contributed by atoms with Gasteiger partial charge >= 0.3 is 5.97 Å². The van der Waals surface area contributed by atoms with Crippen molar-refractivity contribution in [1.82, 2.24) is 14.8 Å². The fourth-order valence-corrected chi connectivity index (χ4v) is 6.04. The third-order valence-corrected chi connectivity index (χ3v) is 7.92. The minimum absolute atomic E-state index is 0.125. The number of hydrogen-bond acceptors (Lipinski definition) is 4. The van der Waals surface area contributed by atoms with E-state index in [2.05, 4.69) is 26.9 Å². The third kappa shape index (κ3) is 3.42. The second-order valence-corrected chi connectivity index (χ2v) is 10.1. The average molecular weight is 478 g/mol. The molecule has 182 valence electrons. The molecule has 0 bridgehead atoms. The van der Waals surface area contributed by atoms with Crippen LogP contribution in [0.5, 0.6) is 5.75 Å². The van der Waals surface area contributed by atoms with Crippen LogP contribution >= 0.6 is 0 Å². The highest BCUT2D eigenvalue weighted by molar-refractivity contribution is 5.99. The Kier molecular flexibility index (Phi) is 5.11. The number of aromatic amines is 1. The number of halogens is 1. The van der Waals surface area contributed by atoms with E-state index in [-0.39, 0.29) is 17.6 Å². The summed E-state index contributed by atoms with van der Waals surface area (Å²) in [5.41, 5.74) is 4.42. The monoisotopic (exact) mass is 477 g/mol. The smallest absolute Gasteiger partial charge is 0.309 e. The second kappa shape index (κ2) is 8.09. The first kappa shape index (κ1) is 22.1. The molecule has 4 aromatic rings. The Morgan fingerprint density at radius 1 is 1.23 bits per heavy atom. The zero-order chi connectivity index (χ0) is 24.3. The van der Waals surface area contributed by atoms with Gasteiger partial charge in [0.2, 0.25) is 0 Å². The van der Waals surface area contributed by atoms with Crippen molar-refractivity contribution < 1.29 is 23.8 Å². The predicted molar refractivity (Wildman–Crippen MR) is 130 cm³/mol. The van der Waals surface area contributed by atoms with Crippen molar-refractivity contribution in [3.05, 3.63) is 53.6 Å². The number of carboxylic acids is 1. The van der Waals surface area contributed by atoms with Gasteiger partial charge < -0.3 is 19.1 Å². The number of carboxylic acid groups (broad SMARTS) is 1. The lowest BCUT2D eigenvalue weighted by molar-refractivity contribution is -0.154. The molecule has 0 unspecified atom stereocenters. The highest BCUT2D eigenvalue weighted by atomic mass is 19.1. The first-order chi connectivity index (χ1) is 16.9. The molecule has 3 heterocycles. The van der Waals surface area contributed by atoms with Gasteiger partial charge in [0.05, 0.1) is 29.8 Å². The Morgan fingerprint density at radius 3 is 2.71 bits per heavy atom. The molecular weight excluding hydrogens is 449 g/mol. The van der Waals surface area contributed by atoms with Gasteiger partial charge in [-0.3, -0.25) is 9.89 Å². The van der Waals surface area contributed by atoms with E-state index in [1.165, 1.54) is 24.4 Å². The number of H-pyrrole nitrogens is 1. The number of nitrogens with one attached hydrogen (secondary N) is 1. The Bertz CT molecular complexity index is 1440. The van der Waals surface area contributed by atoms with Crippen molar-refractivity contribution >= 4 is 27.8 Å². The maximum Gasteiger partial charge on any atom is 0.309 e. The first-order valence-electron chi connectivity index (χ1n) is 12.1. The van der Waals surface area contributed by atoms with E-state index in [0.29, 0.717) is 26.1 Å². The van der Waals surface area contributed by atoms with Crippen LogP contribution in [0.4, 0.5) is 4.39 Å². The lowest BCUT2D eigenvalue weighted by atomic mass is 9.60. The number of aliphatic carboxylic acids is 1. The number of rotatable bonds is 5. The van der Waals surface area contributed by atoms with Crippen LogP contribution in [0.25, 0.3) is 27.5 Å². The Morgan fingerprint density at radius 2 is 2.00 bits per heavy atom. The lowest BCUT2D eigenvalue weighted by Crippen LogP contribution is -2.40. The van der Waals surface area contributed by atoms with Crippen molar-refractivity contribution in [1.29, 1.82) is 0 Å². The molecule has 2 N–H and O–H groups in total. The van der Waals surface area contributed by atoms with Crippen molar-refractivity contribution in [2.75, 3.05) is 20.3 Å².